The van der Waals surface area contributed by atoms with E-state index in [0.717, 1.165) is 13.0 Å². The van der Waals surface area contributed by atoms with E-state index in [1.807, 2.05) is 13.8 Å². The number of rotatable bonds is 9. The van der Waals surface area contributed by atoms with Crippen LogP contribution in [0.1, 0.15) is 33.0 Å². The minimum atomic E-state index is -3.73. The topological polar surface area (TPSA) is 91.6 Å². The Bertz CT molecular complexity index is 496. The van der Waals surface area contributed by atoms with E-state index in [9.17, 15) is 13.5 Å². The average molecular weight is 304 g/mol. The van der Waals surface area contributed by atoms with Crippen LogP contribution in [0.2, 0.25) is 0 Å². The third kappa shape index (κ3) is 4.90. The molecule has 0 aliphatic carbocycles. The second-order valence-electron chi connectivity index (χ2n) is 5.05. The number of furan rings is 1. The highest BCUT2D eigenvalue weighted by atomic mass is 32.2. The van der Waals surface area contributed by atoms with Crippen molar-refractivity contribution in [1.82, 2.24) is 10.0 Å². The summed E-state index contributed by atoms with van der Waals surface area (Å²) in [5.41, 5.74) is 0. The minimum absolute atomic E-state index is 0.00423. The average Bonchev–Trinajstić information content (AvgIpc) is 2.85. The first-order valence-electron chi connectivity index (χ1n) is 6.83. The van der Waals surface area contributed by atoms with E-state index in [4.69, 9.17) is 4.42 Å². The van der Waals surface area contributed by atoms with Gasteiger partial charge in [0.05, 0.1) is 13.2 Å². The molecule has 0 radical (unpaired) electrons. The Labute approximate surface area is 120 Å². The maximum Gasteiger partial charge on any atom is 0.274 e. The van der Waals surface area contributed by atoms with Gasteiger partial charge < -0.3 is 14.8 Å². The van der Waals surface area contributed by atoms with Gasteiger partial charge in [-0.3, -0.25) is 0 Å². The number of hydrogen-bond donors (Lipinski definition) is 3. The highest BCUT2D eigenvalue weighted by molar-refractivity contribution is 7.89. The molecular weight excluding hydrogens is 280 g/mol. The molecule has 0 spiro atoms. The van der Waals surface area contributed by atoms with E-state index in [0.29, 0.717) is 12.3 Å². The molecule has 0 amide bonds. The molecule has 3 N–H and O–H groups in total. The SMILES string of the molecule is CCCNCc1ccc(S(=O)(=O)NC(CO)C(C)C)o1. The Balaban J connectivity index is 2.72. The fourth-order valence-electron chi connectivity index (χ4n) is 1.63. The van der Waals surface area contributed by atoms with Crippen molar-refractivity contribution in [3.63, 3.8) is 0 Å². The normalized spacial score (nSPS) is 13.8. The number of hydrogen-bond acceptors (Lipinski definition) is 5. The van der Waals surface area contributed by atoms with Gasteiger partial charge in [-0.25, -0.2) is 13.1 Å². The second-order valence-corrected chi connectivity index (χ2v) is 6.70. The van der Waals surface area contributed by atoms with E-state index in [-0.39, 0.29) is 17.6 Å². The van der Waals surface area contributed by atoms with E-state index in [2.05, 4.69) is 17.0 Å². The fourth-order valence-corrected chi connectivity index (χ4v) is 2.95. The molecule has 7 heteroatoms. The van der Waals surface area contributed by atoms with Gasteiger partial charge in [-0.1, -0.05) is 20.8 Å². The fraction of sp³-hybridized carbons (Fsp3) is 0.692. The molecular formula is C13H24N2O4S. The standard InChI is InChI=1S/C13H24N2O4S/c1-4-7-14-8-11-5-6-13(19-11)20(17,18)15-12(9-16)10(2)3/h5-6,10,12,14-16H,4,7-9H2,1-3H3. The molecule has 0 saturated carbocycles. The Morgan fingerprint density at radius 1 is 1.35 bits per heavy atom. The van der Waals surface area contributed by atoms with Crippen LogP contribution < -0.4 is 10.0 Å². The Kier molecular flexibility index (Phi) is 6.67. The summed E-state index contributed by atoms with van der Waals surface area (Å²) in [5, 5.41) is 12.2. The summed E-state index contributed by atoms with van der Waals surface area (Å²) in [7, 11) is -3.73. The molecule has 116 valence electrons. The largest absolute Gasteiger partial charge is 0.447 e. The quantitative estimate of drug-likeness (QED) is 0.594. The van der Waals surface area contributed by atoms with Gasteiger partial charge in [-0.15, -0.1) is 0 Å². The molecule has 0 aliphatic rings. The summed E-state index contributed by atoms with van der Waals surface area (Å²) in [6.07, 6.45) is 1.000. The van der Waals surface area contributed by atoms with Gasteiger partial charge in [0.15, 0.2) is 0 Å². The summed E-state index contributed by atoms with van der Waals surface area (Å²) in [6.45, 7) is 6.83. The summed E-state index contributed by atoms with van der Waals surface area (Å²) in [6, 6.07) is 2.55. The molecule has 1 rings (SSSR count). The van der Waals surface area contributed by atoms with Crippen LogP contribution in [-0.4, -0.2) is 32.7 Å². The second kappa shape index (κ2) is 7.78. The van der Waals surface area contributed by atoms with Crippen molar-refractivity contribution in [2.75, 3.05) is 13.2 Å². The lowest BCUT2D eigenvalue weighted by Crippen LogP contribution is -2.40. The Hall–Kier alpha value is -0.890. The smallest absolute Gasteiger partial charge is 0.274 e. The first kappa shape index (κ1) is 17.2. The van der Waals surface area contributed by atoms with Crippen molar-refractivity contribution >= 4 is 10.0 Å². The van der Waals surface area contributed by atoms with Crippen molar-refractivity contribution in [3.05, 3.63) is 17.9 Å². The molecule has 0 aromatic carbocycles. The summed E-state index contributed by atoms with van der Waals surface area (Å²) < 4.78 is 32.0. The molecule has 20 heavy (non-hydrogen) atoms. The minimum Gasteiger partial charge on any atom is -0.447 e. The number of nitrogens with one attached hydrogen (secondary N) is 2. The Morgan fingerprint density at radius 3 is 2.60 bits per heavy atom. The van der Waals surface area contributed by atoms with Gasteiger partial charge in [0.2, 0.25) is 5.09 Å². The Morgan fingerprint density at radius 2 is 2.05 bits per heavy atom. The van der Waals surface area contributed by atoms with Crippen molar-refractivity contribution in [2.24, 2.45) is 5.92 Å². The highest BCUT2D eigenvalue weighted by Gasteiger charge is 2.24. The van der Waals surface area contributed by atoms with Crippen molar-refractivity contribution in [3.8, 4) is 0 Å². The third-order valence-corrected chi connectivity index (χ3v) is 4.30. The van der Waals surface area contributed by atoms with E-state index < -0.39 is 16.1 Å². The summed E-state index contributed by atoms with van der Waals surface area (Å²) in [5.74, 6) is 0.569. The number of aliphatic hydroxyl groups excluding tert-OH is 1. The maximum atomic E-state index is 12.1. The first-order valence-corrected chi connectivity index (χ1v) is 8.31. The molecule has 1 heterocycles. The van der Waals surface area contributed by atoms with Crippen LogP contribution in [0.5, 0.6) is 0 Å². The molecule has 0 aliphatic heterocycles. The molecule has 1 aromatic rings. The lowest BCUT2D eigenvalue weighted by Gasteiger charge is -2.18. The van der Waals surface area contributed by atoms with Crippen LogP contribution in [0.25, 0.3) is 0 Å². The zero-order valence-corrected chi connectivity index (χ0v) is 13.0. The molecule has 1 unspecified atom stereocenters. The van der Waals surface area contributed by atoms with Crippen LogP contribution >= 0.6 is 0 Å². The number of sulfonamides is 1. The third-order valence-electron chi connectivity index (χ3n) is 2.94. The first-order chi connectivity index (χ1) is 9.40. The van der Waals surface area contributed by atoms with Crippen LogP contribution in [-0.2, 0) is 16.6 Å². The van der Waals surface area contributed by atoms with Crippen LogP contribution in [0.4, 0.5) is 0 Å². The maximum absolute atomic E-state index is 12.1. The molecule has 0 saturated heterocycles. The molecule has 1 atom stereocenters. The van der Waals surface area contributed by atoms with Gasteiger partial charge in [0.1, 0.15) is 5.76 Å². The highest BCUT2D eigenvalue weighted by Crippen LogP contribution is 2.15. The zero-order valence-electron chi connectivity index (χ0n) is 12.2. The lowest BCUT2D eigenvalue weighted by molar-refractivity contribution is 0.227. The van der Waals surface area contributed by atoms with Crippen molar-refractivity contribution < 1.29 is 17.9 Å². The van der Waals surface area contributed by atoms with Crippen LogP contribution in [0, 0.1) is 5.92 Å². The summed E-state index contributed by atoms with van der Waals surface area (Å²) >= 11 is 0. The van der Waals surface area contributed by atoms with Crippen molar-refractivity contribution in [1.29, 1.82) is 0 Å². The molecule has 1 aromatic heterocycles. The van der Waals surface area contributed by atoms with E-state index in [1.165, 1.54) is 6.07 Å². The zero-order chi connectivity index (χ0) is 15.2. The summed E-state index contributed by atoms with van der Waals surface area (Å²) in [4.78, 5) is 0. The lowest BCUT2D eigenvalue weighted by atomic mass is 10.1. The van der Waals surface area contributed by atoms with Gasteiger partial charge >= 0.3 is 0 Å². The predicted molar refractivity (Wildman–Crippen MR) is 76.7 cm³/mol. The monoisotopic (exact) mass is 304 g/mol. The van der Waals surface area contributed by atoms with E-state index >= 15 is 0 Å². The van der Waals surface area contributed by atoms with Crippen LogP contribution in [0.3, 0.4) is 0 Å². The van der Waals surface area contributed by atoms with Crippen molar-refractivity contribution in [2.45, 2.75) is 44.9 Å². The van der Waals surface area contributed by atoms with Gasteiger partial charge in [-0.05, 0) is 31.0 Å². The van der Waals surface area contributed by atoms with Gasteiger partial charge in [-0.2, -0.15) is 0 Å². The van der Waals surface area contributed by atoms with Gasteiger partial charge in [0, 0.05) is 6.04 Å². The van der Waals surface area contributed by atoms with E-state index in [1.54, 1.807) is 6.07 Å². The predicted octanol–water partition coefficient (Wildman–Crippen LogP) is 1.07. The van der Waals surface area contributed by atoms with Crippen LogP contribution in [0.15, 0.2) is 21.6 Å². The molecule has 0 bridgehead atoms. The molecule has 6 nitrogen and oxygen atoms in total. The number of aliphatic hydroxyl groups is 1. The van der Waals surface area contributed by atoms with Gasteiger partial charge in [0.25, 0.3) is 10.0 Å². The molecule has 0 fully saturated rings.